The van der Waals surface area contributed by atoms with E-state index < -0.39 is 0 Å². The van der Waals surface area contributed by atoms with Crippen molar-refractivity contribution in [1.29, 1.82) is 0 Å². The van der Waals surface area contributed by atoms with Gasteiger partial charge in [-0.05, 0) is 29.8 Å². The van der Waals surface area contributed by atoms with E-state index in [4.69, 9.17) is 0 Å². The van der Waals surface area contributed by atoms with Crippen LogP contribution in [-0.4, -0.2) is 27.6 Å². The predicted octanol–water partition coefficient (Wildman–Crippen LogP) is 2.20. The zero-order valence-corrected chi connectivity index (χ0v) is 12.0. The monoisotopic (exact) mass is 286 g/mol. The molecule has 2 aromatic rings. The lowest BCUT2D eigenvalue weighted by Gasteiger charge is -2.25. The summed E-state index contributed by atoms with van der Waals surface area (Å²) in [5.74, 6) is -0.634. The van der Waals surface area contributed by atoms with Gasteiger partial charge < -0.3 is 15.5 Å². The summed E-state index contributed by atoms with van der Waals surface area (Å²) in [5.41, 5.74) is 1.03. The summed E-state index contributed by atoms with van der Waals surface area (Å²) < 4.78 is 0. The molecule has 1 amide bonds. The second-order valence-electron chi connectivity index (χ2n) is 5.54. The van der Waals surface area contributed by atoms with Crippen LogP contribution in [0, 0.1) is 0 Å². The first-order valence-electron chi connectivity index (χ1n) is 6.60. The summed E-state index contributed by atoms with van der Waals surface area (Å²) in [7, 11) is 0. The molecular weight excluding hydrogens is 268 g/mol. The van der Waals surface area contributed by atoms with Gasteiger partial charge in [-0.1, -0.05) is 13.8 Å². The van der Waals surface area contributed by atoms with Crippen LogP contribution in [-0.2, 0) is 5.41 Å². The Labute approximate surface area is 123 Å². The first kappa shape index (κ1) is 14.8. The van der Waals surface area contributed by atoms with Gasteiger partial charge in [0.25, 0.3) is 5.91 Å². The average molecular weight is 286 g/mol. The number of nitrogens with one attached hydrogen (secondary N) is 1. The van der Waals surface area contributed by atoms with Gasteiger partial charge in [0.2, 0.25) is 0 Å². The number of benzene rings is 1. The standard InChI is InChI=1S/C16H18N2O3/c1-16(2,12-3-5-17-6-4-12)10-18-15(21)11-7-13(19)9-14(20)8-11/h3-9,19-20H,10H2,1-2H3,(H,18,21). The molecule has 1 heterocycles. The van der Waals surface area contributed by atoms with Crippen LogP contribution in [0.2, 0.25) is 0 Å². The van der Waals surface area contributed by atoms with E-state index in [0.717, 1.165) is 5.56 Å². The molecule has 0 aliphatic carbocycles. The highest BCUT2D eigenvalue weighted by atomic mass is 16.3. The highest BCUT2D eigenvalue weighted by molar-refractivity contribution is 5.95. The number of aromatic nitrogens is 1. The van der Waals surface area contributed by atoms with Crippen LogP contribution in [0.15, 0.2) is 42.7 Å². The first-order chi connectivity index (χ1) is 9.88. The fourth-order valence-electron chi connectivity index (χ4n) is 2.03. The lowest BCUT2D eigenvalue weighted by atomic mass is 9.85. The number of rotatable bonds is 4. The van der Waals surface area contributed by atoms with Crippen molar-refractivity contribution in [1.82, 2.24) is 10.3 Å². The van der Waals surface area contributed by atoms with Gasteiger partial charge in [0, 0.05) is 36.0 Å². The Morgan fingerprint density at radius 2 is 1.71 bits per heavy atom. The second-order valence-corrected chi connectivity index (χ2v) is 5.54. The van der Waals surface area contributed by atoms with Gasteiger partial charge in [-0.3, -0.25) is 9.78 Å². The van der Waals surface area contributed by atoms with E-state index in [1.165, 1.54) is 18.2 Å². The van der Waals surface area contributed by atoms with E-state index >= 15 is 0 Å². The lowest BCUT2D eigenvalue weighted by Crippen LogP contribution is -2.36. The number of phenols is 2. The van der Waals surface area contributed by atoms with Crippen LogP contribution in [0.4, 0.5) is 0 Å². The molecule has 0 spiro atoms. The van der Waals surface area contributed by atoms with E-state index in [9.17, 15) is 15.0 Å². The number of carbonyl (C=O) groups excluding carboxylic acids is 1. The second kappa shape index (κ2) is 5.83. The molecule has 0 saturated heterocycles. The number of hydrogen-bond donors (Lipinski definition) is 3. The molecule has 0 unspecified atom stereocenters. The summed E-state index contributed by atoms with van der Waals surface area (Å²) in [6, 6.07) is 7.62. The molecular formula is C16H18N2O3. The summed E-state index contributed by atoms with van der Waals surface area (Å²) in [5, 5.41) is 21.6. The van der Waals surface area contributed by atoms with Crippen molar-refractivity contribution in [2.24, 2.45) is 0 Å². The number of carbonyl (C=O) groups is 1. The highest BCUT2D eigenvalue weighted by Crippen LogP contribution is 2.23. The molecule has 0 radical (unpaired) electrons. The van der Waals surface area contributed by atoms with Crippen LogP contribution < -0.4 is 5.32 Å². The third-order valence-electron chi connectivity index (χ3n) is 3.32. The Morgan fingerprint density at radius 3 is 2.29 bits per heavy atom. The van der Waals surface area contributed by atoms with Crippen LogP contribution in [0.25, 0.3) is 0 Å². The van der Waals surface area contributed by atoms with E-state index in [2.05, 4.69) is 10.3 Å². The normalized spacial score (nSPS) is 11.1. The highest BCUT2D eigenvalue weighted by Gasteiger charge is 2.21. The SMILES string of the molecule is CC(C)(CNC(=O)c1cc(O)cc(O)c1)c1ccncc1. The minimum atomic E-state index is -0.344. The van der Waals surface area contributed by atoms with Gasteiger partial charge in [0.05, 0.1) is 0 Å². The van der Waals surface area contributed by atoms with E-state index in [1.807, 2.05) is 26.0 Å². The van der Waals surface area contributed by atoms with Crippen molar-refractivity contribution in [3.05, 3.63) is 53.9 Å². The van der Waals surface area contributed by atoms with E-state index in [0.29, 0.717) is 6.54 Å². The van der Waals surface area contributed by atoms with E-state index in [1.54, 1.807) is 12.4 Å². The van der Waals surface area contributed by atoms with Crippen LogP contribution >= 0.6 is 0 Å². The van der Waals surface area contributed by atoms with Gasteiger partial charge in [-0.15, -0.1) is 0 Å². The van der Waals surface area contributed by atoms with Crippen molar-refractivity contribution in [2.45, 2.75) is 19.3 Å². The average Bonchev–Trinajstić information content (AvgIpc) is 2.45. The molecule has 5 heteroatoms. The Balaban J connectivity index is 2.07. The van der Waals surface area contributed by atoms with Crippen LogP contribution in [0.1, 0.15) is 29.8 Å². The van der Waals surface area contributed by atoms with Crippen molar-refractivity contribution in [2.75, 3.05) is 6.54 Å². The molecule has 2 rings (SSSR count). The van der Waals surface area contributed by atoms with Crippen LogP contribution in [0.5, 0.6) is 11.5 Å². The molecule has 110 valence electrons. The van der Waals surface area contributed by atoms with Gasteiger partial charge in [0.15, 0.2) is 0 Å². The lowest BCUT2D eigenvalue weighted by molar-refractivity contribution is 0.0945. The maximum absolute atomic E-state index is 12.1. The summed E-state index contributed by atoms with van der Waals surface area (Å²) in [6.07, 6.45) is 3.43. The van der Waals surface area contributed by atoms with Crippen LogP contribution in [0.3, 0.4) is 0 Å². The quantitative estimate of drug-likeness (QED) is 0.804. The molecule has 5 nitrogen and oxygen atoms in total. The minimum absolute atomic E-state index is 0.145. The third kappa shape index (κ3) is 3.72. The third-order valence-corrected chi connectivity index (χ3v) is 3.32. The number of pyridine rings is 1. The number of aromatic hydroxyl groups is 2. The van der Waals surface area contributed by atoms with Gasteiger partial charge in [0.1, 0.15) is 11.5 Å². The molecule has 21 heavy (non-hydrogen) atoms. The van der Waals surface area contributed by atoms with Crippen molar-refractivity contribution < 1.29 is 15.0 Å². The number of phenolic OH excluding ortho intramolecular Hbond substituents is 2. The molecule has 3 N–H and O–H groups in total. The van der Waals surface area contributed by atoms with Gasteiger partial charge in [-0.2, -0.15) is 0 Å². The van der Waals surface area contributed by atoms with Gasteiger partial charge >= 0.3 is 0 Å². The molecule has 1 aromatic carbocycles. The largest absolute Gasteiger partial charge is 0.508 e. The van der Waals surface area contributed by atoms with Crippen molar-refractivity contribution in [3.63, 3.8) is 0 Å². The Morgan fingerprint density at radius 1 is 1.14 bits per heavy atom. The molecule has 0 bridgehead atoms. The Hall–Kier alpha value is -2.56. The smallest absolute Gasteiger partial charge is 0.251 e. The predicted molar refractivity (Wildman–Crippen MR) is 79.4 cm³/mol. The van der Waals surface area contributed by atoms with Gasteiger partial charge in [-0.25, -0.2) is 0 Å². The summed E-state index contributed by atoms with van der Waals surface area (Å²) in [6.45, 7) is 4.46. The van der Waals surface area contributed by atoms with E-state index in [-0.39, 0.29) is 28.4 Å². The van der Waals surface area contributed by atoms with Crippen molar-refractivity contribution >= 4 is 5.91 Å². The molecule has 0 fully saturated rings. The molecule has 0 saturated carbocycles. The molecule has 0 aliphatic heterocycles. The molecule has 0 atom stereocenters. The molecule has 1 aromatic heterocycles. The zero-order valence-electron chi connectivity index (χ0n) is 12.0. The minimum Gasteiger partial charge on any atom is -0.508 e. The Bertz CT molecular complexity index is 619. The maximum atomic E-state index is 12.1. The topological polar surface area (TPSA) is 82.5 Å². The number of nitrogens with zero attached hydrogens (tertiary/aromatic N) is 1. The molecule has 0 aliphatic rings. The van der Waals surface area contributed by atoms with Crippen molar-refractivity contribution in [3.8, 4) is 11.5 Å². The number of amides is 1. The fourth-order valence-corrected chi connectivity index (χ4v) is 2.03. The maximum Gasteiger partial charge on any atom is 0.251 e. The Kier molecular flexibility index (Phi) is 4.12. The fraction of sp³-hybridized carbons (Fsp3) is 0.250. The first-order valence-corrected chi connectivity index (χ1v) is 6.60. The zero-order chi connectivity index (χ0) is 15.5. The number of hydrogen-bond acceptors (Lipinski definition) is 4. The summed E-state index contributed by atoms with van der Waals surface area (Å²) >= 11 is 0. The summed E-state index contributed by atoms with van der Waals surface area (Å²) in [4.78, 5) is 16.1.